The topological polar surface area (TPSA) is 48.9 Å². The molecule has 0 fully saturated rings. The molecular weight excluding hydrogens is 292 g/mol. The van der Waals surface area contributed by atoms with Crippen LogP contribution in [0.3, 0.4) is 0 Å². The molecule has 22 heavy (non-hydrogen) atoms. The number of benzene rings is 2. The van der Waals surface area contributed by atoms with E-state index < -0.39 is 0 Å². The van der Waals surface area contributed by atoms with Gasteiger partial charge in [-0.05, 0) is 36.6 Å². The lowest BCUT2D eigenvalue weighted by Crippen LogP contribution is -1.81. The Kier molecular flexibility index (Phi) is 2.98. The molecule has 0 aliphatic heterocycles. The summed E-state index contributed by atoms with van der Waals surface area (Å²) in [7, 11) is 0. The zero-order valence-corrected chi connectivity index (χ0v) is 12.8. The second kappa shape index (κ2) is 5.00. The number of nitrogens with one attached hydrogen (secondary N) is 1. The minimum absolute atomic E-state index is 0.276. The average Bonchev–Trinajstić information content (AvgIpc) is 3.17. The molecule has 2 aromatic heterocycles. The fourth-order valence-corrected chi connectivity index (χ4v) is 3.46. The van der Waals surface area contributed by atoms with Gasteiger partial charge in [-0.25, -0.2) is 0 Å². The lowest BCUT2D eigenvalue weighted by Gasteiger charge is -2.05. The van der Waals surface area contributed by atoms with E-state index in [1.165, 1.54) is 4.88 Å². The molecule has 2 N–H and O–H groups in total. The molecule has 0 unspecified atom stereocenters. The highest BCUT2D eigenvalue weighted by atomic mass is 32.1. The van der Waals surface area contributed by atoms with Gasteiger partial charge in [0.25, 0.3) is 0 Å². The van der Waals surface area contributed by atoms with Crippen molar-refractivity contribution >= 4 is 22.1 Å². The van der Waals surface area contributed by atoms with E-state index in [-0.39, 0.29) is 5.75 Å². The molecule has 3 nitrogen and oxygen atoms in total. The summed E-state index contributed by atoms with van der Waals surface area (Å²) in [4.78, 5) is 2.41. The molecule has 0 atom stereocenters. The number of nitrogens with zero attached hydrogens (tertiary/aromatic N) is 1. The highest BCUT2D eigenvalue weighted by molar-refractivity contribution is 7.15. The molecule has 0 saturated heterocycles. The number of fused-ring (bicyclic) bond motifs is 1. The number of H-pyrrole nitrogens is 1. The summed E-state index contributed by atoms with van der Waals surface area (Å²) < 4.78 is 0. The van der Waals surface area contributed by atoms with Gasteiger partial charge in [-0.15, -0.1) is 11.3 Å². The second-order valence-corrected chi connectivity index (χ2v) is 6.55. The Morgan fingerprint density at radius 3 is 2.73 bits per heavy atom. The van der Waals surface area contributed by atoms with E-state index in [9.17, 15) is 5.11 Å². The molecule has 2 aromatic carbocycles. The van der Waals surface area contributed by atoms with E-state index in [1.807, 2.05) is 42.5 Å². The Bertz CT molecular complexity index is 968. The lowest BCUT2D eigenvalue weighted by molar-refractivity contribution is 0.483. The first-order chi connectivity index (χ1) is 10.7. The molecule has 0 aliphatic carbocycles. The summed E-state index contributed by atoms with van der Waals surface area (Å²) >= 11 is 1.72. The zero-order valence-electron chi connectivity index (χ0n) is 12.0. The van der Waals surface area contributed by atoms with E-state index in [2.05, 4.69) is 29.3 Å². The van der Waals surface area contributed by atoms with Crippen LogP contribution >= 0.6 is 11.3 Å². The predicted molar refractivity (Wildman–Crippen MR) is 91.2 cm³/mol. The van der Waals surface area contributed by atoms with Crippen molar-refractivity contribution in [2.24, 2.45) is 0 Å². The van der Waals surface area contributed by atoms with Crippen LogP contribution in [-0.4, -0.2) is 15.3 Å². The fraction of sp³-hybridized carbons (Fsp3) is 0.0556. The van der Waals surface area contributed by atoms with Crippen LogP contribution in [0.15, 0.2) is 54.6 Å². The van der Waals surface area contributed by atoms with E-state index in [0.29, 0.717) is 0 Å². The van der Waals surface area contributed by atoms with Crippen LogP contribution in [0.4, 0.5) is 0 Å². The number of rotatable bonds is 2. The number of hydrogen-bond acceptors (Lipinski definition) is 3. The van der Waals surface area contributed by atoms with E-state index in [0.717, 1.165) is 32.6 Å². The number of hydrogen-bond donors (Lipinski definition) is 2. The van der Waals surface area contributed by atoms with Crippen molar-refractivity contribution in [3.63, 3.8) is 0 Å². The van der Waals surface area contributed by atoms with E-state index >= 15 is 0 Å². The van der Waals surface area contributed by atoms with Crippen molar-refractivity contribution in [1.82, 2.24) is 10.2 Å². The van der Waals surface area contributed by atoms with Gasteiger partial charge in [0, 0.05) is 15.8 Å². The largest absolute Gasteiger partial charge is 0.507 e. The summed E-state index contributed by atoms with van der Waals surface area (Å²) in [6.45, 7) is 2.08. The summed E-state index contributed by atoms with van der Waals surface area (Å²) in [5, 5.41) is 19.8. The van der Waals surface area contributed by atoms with Crippen LogP contribution in [0, 0.1) is 6.92 Å². The monoisotopic (exact) mass is 306 g/mol. The van der Waals surface area contributed by atoms with E-state index in [1.54, 1.807) is 11.3 Å². The normalized spacial score (nSPS) is 11.1. The Hall–Kier alpha value is -2.59. The molecule has 4 heteroatoms. The van der Waals surface area contributed by atoms with Crippen molar-refractivity contribution in [2.75, 3.05) is 0 Å². The van der Waals surface area contributed by atoms with Crippen LogP contribution in [-0.2, 0) is 0 Å². The van der Waals surface area contributed by atoms with E-state index in [4.69, 9.17) is 0 Å². The third kappa shape index (κ3) is 2.09. The minimum Gasteiger partial charge on any atom is -0.507 e. The molecule has 4 rings (SSSR count). The zero-order chi connectivity index (χ0) is 15.1. The van der Waals surface area contributed by atoms with Gasteiger partial charge in [-0.3, -0.25) is 5.10 Å². The SMILES string of the molecule is Cc1ccc(-c2cc(-c3ccc4ccccc4c3O)n[nH]2)s1. The van der Waals surface area contributed by atoms with Crippen LogP contribution < -0.4 is 0 Å². The van der Waals surface area contributed by atoms with Gasteiger partial charge in [0.2, 0.25) is 0 Å². The molecule has 0 saturated carbocycles. The van der Waals surface area contributed by atoms with Gasteiger partial charge >= 0.3 is 0 Å². The first-order valence-electron chi connectivity index (χ1n) is 7.06. The summed E-state index contributed by atoms with van der Waals surface area (Å²) in [6, 6.07) is 17.9. The van der Waals surface area contributed by atoms with Crippen LogP contribution in [0.25, 0.3) is 32.6 Å². The van der Waals surface area contributed by atoms with Gasteiger partial charge in [0.05, 0.1) is 16.3 Å². The smallest absolute Gasteiger partial charge is 0.132 e. The Balaban J connectivity index is 1.82. The minimum atomic E-state index is 0.276. The Labute approximate surface area is 131 Å². The van der Waals surface area contributed by atoms with Gasteiger partial charge in [-0.2, -0.15) is 5.10 Å². The highest BCUT2D eigenvalue weighted by Crippen LogP contribution is 2.36. The maximum absolute atomic E-state index is 10.5. The van der Waals surface area contributed by atoms with Crippen molar-refractivity contribution in [2.45, 2.75) is 6.92 Å². The predicted octanol–water partition coefficient (Wildman–Crippen LogP) is 4.97. The average molecular weight is 306 g/mol. The number of phenols is 1. The molecule has 0 aliphatic rings. The summed E-state index contributed by atoms with van der Waals surface area (Å²) in [6.07, 6.45) is 0. The highest BCUT2D eigenvalue weighted by Gasteiger charge is 2.12. The van der Waals surface area contributed by atoms with Crippen LogP contribution in [0.1, 0.15) is 4.88 Å². The quantitative estimate of drug-likeness (QED) is 0.549. The maximum atomic E-state index is 10.5. The van der Waals surface area contributed by atoms with Crippen molar-refractivity contribution < 1.29 is 5.11 Å². The third-order valence-electron chi connectivity index (χ3n) is 3.76. The van der Waals surface area contributed by atoms with Gasteiger partial charge in [0.15, 0.2) is 0 Å². The first kappa shape index (κ1) is 13.1. The van der Waals surface area contributed by atoms with Gasteiger partial charge < -0.3 is 5.11 Å². The Morgan fingerprint density at radius 2 is 1.91 bits per heavy atom. The first-order valence-corrected chi connectivity index (χ1v) is 7.87. The van der Waals surface area contributed by atoms with Crippen molar-refractivity contribution in [3.8, 4) is 27.6 Å². The molecule has 2 heterocycles. The van der Waals surface area contributed by atoms with Crippen molar-refractivity contribution in [3.05, 3.63) is 59.5 Å². The molecule has 0 bridgehead atoms. The number of aromatic hydroxyl groups is 1. The fourth-order valence-electron chi connectivity index (χ4n) is 2.63. The van der Waals surface area contributed by atoms with Crippen LogP contribution in [0.2, 0.25) is 0 Å². The second-order valence-electron chi connectivity index (χ2n) is 5.26. The van der Waals surface area contributed by atoms with Crippen molar-refractivity contribution in [1.29, 1.82) is 0 Å². The number of aryl methyl sites for hydroxylation is 1. The Morgan fingerprint density at radius 1 is 1.05 bits per heavy atom. The van der Waals surface area contributed by atoms with Gasteiger partial charge in [0.1, 0.15) is 5.75 Å². The third-order valence-corrected chi connectivity index (χ3v) is 4.79. The summed E-state index contributed by atoms with van der Waals surface area (Å²) in [5.74, 6) is 0.276. The van der Waals surface area contributed by atoms with Crippen LogP contribution in [0.5, 0.6) is 5.75 Å². The molecule has 4 aromatic rings. The number of aromatic nitrogens is 2. The maximum Gasteiger partial charge on any atom is 0.132 e. The number of phenolic OH excluding ortho intramolecular Hbond substituents is 1. The number of thiophene rings is 1. The molecule has 108 valence electrons. The molecular formula is C18H14N2OS. The summed E-state index contributed by atoms with van der Waals surface area (Å²) in [5.41, 5.74) is 2.47. The van der Waals surface area contributed by atoms with Gasteiger partial charge in [-0.1, -0.05) is 30.3 Å². The molecule has 0 radical (unpaired) electrons. The molecule has 0 spiro atoms. The lowest BCUT2D eigenvalue weighted by atomic mass is 10.0. The molecule has 0 amide bonds. The standard InChI is InChI=1S/C18H14N2OS/c1-11-6-9-17(22-11)16-10-15(19-20-16)14-8-7-12-4-2-3-5-13(12)18(14)21/h2-10,21H,1H3,(H,19,20). The number of aromatic amines is 1.